The average Bonchev–Trinajstić information content (AvgIpc) is 2.38. The fraction of sp³-hybridized carbons (Fsp3) is 1.00. The van der Waals surface area contributed by atoms with E-state index in [2.05, 4.69) is 24.1 Å². The summed E-state index contributed by atoms with van der Waals surface area (Å²) in [5.41, 5.74) is 0. The van der Waals surface area contributed by atoms with E-state index in [1.165, 1.54) is 25.9 Å². The predicted octanol–water partition coefficient (Wildman–Crippen LogP) is 1.75. The van der Waals surface area contributed by atoms with Crippen molar-refractivity contribution >= 4 is 0 Å². The third kappa shape index (κ3) is 8.58. The van der Waals surface area contributed by atoms with Crippen LogP contribution in [0.25, 0.3) is 0 Å². The molecule has 0 aromatic carbocycles. The molecule has 0 amide bonds. The van der Waals surface area contributed by atoms with Gasteiger partial charge in [-0.25, -0.2) is 0 Å². The molecule has 1 unspecified atom stereocenters. The normalized spacial score (nSPS) is 21.2. The third-order valence-corrected chi connectivity index (χ3v) is 3.56. The van der Waals surface area contributed by atoms with E-state index in [-0.39, 0.29) is 0 Å². The Morgan fingerprint density at radius 3 is 2.89 bits per heavy atom. The van der Waals surface area contributed by atoms with Crippen LogP contribution in [0.2, 0.25) is 0 Å². The van der Waals surface area contributed by atoms with Crippen molar-refractivity contribution in [2.75, 3.05) is 53.0 Å². The summed E-state index contributed by atoms with van der Waals surface area (Å²) in [6, 6.07) is 0. The Bertz CT molecular complexity index is 210. The van der Waals surface area contributed by atoms with Gasteiger partial charge in [0.05, 0.1) is 12.7 Å². The summed E-state index contributed by atoms with van der Waals surface area (Å²) in [6.45, 7) is 11.7. The Hall–Kier alpha value is -0.160. The SMILES string of the molecule is COCC1CCCN(CCNCCCOC(C)C)C1. The number of piperidine rings is 1. The first-order valence-electron chi connectivity index (χ1n) is 7.76. The molecule has 0 saturated carbocycles. The van der Waals surface area contributed by atoms with Crippen LogP contribution in [-0.2, 0) is 9.47 Å². The van der Waals surface area contributed by atoms with Crippen LogP contribution in [-0.4, -0.2) is 64.1 Å². The first-order chi connectivity index (χ1) is 9.22. The fourth-order valence-corrected chi connectivity index (χ4v) is 2.60. The van der Waals surface area contributed by atoms with Gasteiger partial charge in [-0.1, -0.05) is 0 Å². The molecule has 4 nitrogen and oxygen atoms in total. The van der Waals surface area contributed by atoms with E-state index in [1.54, 1.807) is 7.11 Å². The van der Waals surface area contributed by atoms with Gasteiger partial charge in [0.15, 0.2) is 0 Å². The molecule has 19 heavy (non-hydrogen) atoms. The molecular formula is C15H32N2O2. The van der Waals surface area contributed by atoms with Crippen LogP contribution in [0.15, 0.2) is 0 Å². The second-order valence-corrected chi connectivity index (χ2v) is 5.79. The molecule has 0 aromatic heterocycles. The van der Waals surface area contributed by atoms with Crippen LogP contribution in [0.5, 0.6) is 0 Å². The highest BCUT2D eigenvalue weighted by molar-refractivity contribution is 4.73. The lowest BCUT2D eigenvalue weighted by Gasteiger charge is -2.32. The van der Waals surface area contributed by atoms with E-state index >= 15 is 0 Å². The molecule has 0 bridgehead atoms. The molecule has 0 spiro atoms. The first-order valence-corrected chi connectivity index (χ1v) is 7.76. The maximum Gasteiger partial charge on any atom is 0.0518 e. The molecule has 1 N–H and O–H groups in total. The number of hydrogen-bond donors (Lipinski definition) is 1. The maximum atomic E-state index is 5.52. The summed E-state index contributed by atoms with van der Waals surface area (Å²) in [6.07, 6.45) is 4.09. The molecule has 1 rings (SSSR count). The van der Waals surface area contributed by atoms with Crippen molar-refractivity contribution in [1.29, 1.82) is 0 Å². The van der Waals surface area contributed by atoms with E-state index in [9.17, 15) is 0 Å². The summed E-state index contributed by atoms with van der Waals surface area (Å²) in [4.78, 5) is 2.56. The molecule has 0 radical (unpaired) electrons. The Balaban J connectivity index is 1.94. The lowest BCUT2D eigenvalue weighted by Crippen LogP contribution is -2.40. The van der Waals surface area contributed by atoms with Crippen LogP contribution in [0.3, 0.4) is 0 Å². The van der Waals surface area contributed by atoms with Crippen molar-refractivity contribution in [1.82, 2.24) is 10.2 Å². The maximum absolute atomic E-state index is 5.52. The molecule has 1 saturated heterocycles. The van der Waals surface area contributed by atoms with Gasteiger partial charge in [-0.3, -0.25) is 0 Å². The number of rotatable bonds is 10. The molecule has 114 valence electrons. The van der Waals surface area contributed by atoms with Crippen LogP contribution < -0.4 is 5.32 Å². The second-order valence-electron chi connectivity index (χ2n) is 5.79. The Morgan fingerprint density at radius 2 is 2.16 bits per heavy atom. The van der Waals surface area contributed by atoms with E-state index < -0.39 is 0 Å². The summed E-state index contributed by atoms with van der Waals surface area (Å²) in [5, 5.41) is 3.50. The molecule has 1 aliphatic rings. The zero-order valence-electron chi connectivity index (χ0n) is 13.0. The van der Waals surface area contributed by atoms with Crippen molar-refractivity contribution in [3.8, 4) is 0 Å². The van der Waals surface area contributed by atoms with Crippen molar-refractivity contribution in [3.63, 3.8) is 0 Å². The average molecular weight is 272 g/mol. The van der Waals surface area contributed by atoms with Crippen molar-refractivity contribution in [3.05, 3.63) is 0 Å². The van der Waals surface area contributed by atoms with E-state index in [0.717, 1.165) is 45.2 Å². The molecule has 4 heteroatoms. The summed E-state index contributed by atoms with van der Waals surface area (Å²) < 4.78 is 10.8. The Morgan fingerprint density at radius 1 is 1.32 bits per heavy atom. The minimum atomic E-state index is 0.353. The van der Waals surface area contributed by atoms with Crippen LogP contribution in [0.4, 0.5) is 0 Å². The van der Waals surface area contributed by atoms with Crippen molar-refractivity contribution < 1.29 is 9.47 Å². The summed E-state index contributed by atoms with van der Waals surface area (Å²) in [7, 11) is 1.81. The van der Waals surface area contributed by atoms with Crippen LogP contribution >= 0.6 is 0 Å². The number of ether oxygens (including phenoxy) is 2. The number of likely N-dealkylation sites (tertiary alicyclic amines) is 1. The lowest BCUT2D eigenvalue weighted by atomic mass is 9.99. The van der Waals surface area contributed by atoms with E-state index in [1.807, 2.05) is 0 Å². The van der Waals surface area contributed by atoms with Crippen LogP contribution in [0.1, 0.15) is 33.1 Å². The van der Waals surface area contributed by atoms with Crippen molar-refractivity contribution in [2.45, 2.75) is 39.2 Å². The largest absolute Gasteiger partial charge is 0.384 e. The molecule has 0 aliphatic carbocycles. The zero-order chi connectivity index (χ0) is 13.9. The number of nitrogens with zero attached hydrogens (tertiary/aromatic N) is 1. The minimum absolute atomic E-state index is 0.353. The van der Waals surface area contributed by atoms with E-state index in [0.29, 0.717) is 6.10 Å². The van der Waals surface area contributed by atoms with Gasteiger partial charge in [-0.05, 0) is 52.1 Å². The first kappa shape index (κ1) is 16.9. The van der Waals surface area contributed by atoms with Gasteiger partial charge >= 0.3 is 0 Å². The Kier molecular flexibility index (Phi) is 9.43. The quantitative estimate of drug-likeness (QED) is 0.614. The minimum Gasteiger partial charge on any atom is -0.384 e. The summed E-state index contributed by atoms with van der Waals surface area (Å²) in [5.74, 6) is 0.734. The molecule has 1 atom stereocenters. The molecule has 1 heterocycles. The fourth-order valence-electron chi connectivity index (χ4n) is 2.60. The molecule has 1 fully saturated rings. The molecule has 0 aromatic rings. The monoisotopic (exact) mass is 272 g/mol. The predicted molar refractivity (Wildman–Crippen MR) is 79.6 cm³/mol. The smallest absolute Gasteiger partial charge is 0.0518 e. The number of hydrogen-bond acceptors (Lipinski definition) is 4. The van der Waals surface area contributed by atoms with Gasteiger partial charge in [0, 0.05) is 33.4 Å². The second kappa shape index (κ2) is 10.6. The highest BCUT2D eigenvalue weighted by atomic mass is 16.5. The third-order valence-electron chi connectivity index (χ3n) is 3.56. The van der Waals surface area contributed by atoms with Gasteiger partial charge in [0.25, 0.3) is 0 Å². The molecular weight excluding hydrogens is 240 g/mol. The van der Waals surface area contributed by atoms with Gasteiger partial charge in [-0.15, -0.1) is 0 Å². The lowest BCUT2D eigenvalue weighted by molar-refractivity contribution is 0.0763. The van der Waals surface area contributed by atoms with Gasteiger partial charge in [0.2, 0.25) is 0 Å². The Labute approximate surface area is 118 Å². The van der Waals surface area contributed by atoms with Gasteiger partial charge < -0.3 is 19.7 Å². The topological polar surface area (TPSA) is 33.7 Å². The van der Waals surface area contributed by atoms with Gasteiger partial charge in [0.1, 0.15) is 0 Å². The van der Waals surface area contributed by atoms with Crippen molar-refractivity contribution in [2.24, 2.45) is 5.92 Å². The van der Waals surface area contributed by atoms with Gasteiger partial charge in [-0.2, -0.15) is 0 Å². The standard InChI is InChI=1S/C15H32N2O2/c1-14(2)19-11-5-7-16-8-10-17-9-4-6-15(12-17)13-18-3/h14-16H,4-13H2,1-3H3. The molecule has 1 aliphatic heterocycles. The number of methoxy groups -OCH3 is 1. The number of nitrogens with one attached hydrogen (secondary N) is 1. The zero-order valence-corrected chi connectivity index (χ0v) is 13.0. The highest BCUT2D eigenvalue weighted by Crippen LogP contribution is 2.15. The summed E-state index contributed by atoms with van der Waals surface area (Å²) >= 11 is 0. The highest BCUT2D eigenvalue weighted by Gasteiger charge is 2.18. The van der Waals surface area contributed by atoms with E-state index in [4.69, 9.17) is 9.47 Å². The van der Waals surface area contributed by atoms with Crippen LogP contribution in [0, 0.1) is 5.92 Å².